The van der Waals surface area contributed by atoms with Crippen LogP contribution in [0.2, 0.25) is 0 Å². The van der Waals surface area contributed by atoms with Gasteiger partial charge in [0.1, 0.15) is 11.7 Å². The van der Waals surface area contributed by atoms with Crippen LogP contribution in [0.15, 0.2) is 48.7 Å². The van der Waals surface area contributed by atoms with Crippen molar-refractivity contribution in [3.63, 3.8) is 0 Å². The zero-order valence-electron chi connectivity index (χ0n) is 19.8. The smallest absolute Gasteiger partial charge is 0.238 e. The Morgan fingerprint density at radius 2 is 2.00 bits per heavy atom. The summed E-state index contributed by atoms with van der Waals surface area (Å²) < 4.78 is 12.4. The van der Waals surface area contributed by atoms with Crippen molar-refractivity contribution in [2.45, 2.75) is 43.8 Å². The first-order valence-corrected chi connectivity index (χ1v) is 11.8. The average molecular weight is 473 g/mol. The first-order chi connectivity index (χ1) is 17.1. The van der Waals surface area contributed by atoms with Gasteiger partial charge in [-0.2, -0.15) is 5.26 Å². The van der Waals surface area contributed by atoms with Crippen LogP contribution in [-0.2, 0) is 11.2 Å². The first-order valence-electron chi connectivity index (χ1n) is 11.8. The number of ether oxygens (including phenoxy) is 2. The van der Waals surface area contributed by atoms with Gasteiger partial charge in [0.25, 0.3) is 0 Å². The van der Waals surface area contributed by atoms with Crippen molar-refractivity contribution in [3.05, 3.63) is 54.2 Å². The van der Waals surface area contributed by atoms with Gasteiger partial charge in [-0.3, -0.25) is 4.79 Å². The van der Waals surface area contributed by atoms with Crippen LogP contribution in [0.1, 0.15) is 24.8 Å². The van der Waals surface area contributed by atoms with E-state index >= 15 is 0 Å². The standard InChI is InChI=1S/C26H28N6O3/c1-34-23-10-6-17(13-24(23)35-2)22-15-32(31-30-22)21-8-3-16(4-9-21)11-20(14-27)29-26(33)25-18-5-7-19(12-18)28-25/h3-4,6,8-10,13,15,18-20,25,28H,5,7,11-12H2,1-2H3,(H,29,33)/t18-,19+,20-,25-/m0/s1. The largest absolute Gasteiger partial charge is 0.493 e. The SMILES string of the molecule is COc1ccc(-c2cn(-c3ccc(C[C@@H](C#N)NC(=O)[C@H]4N[C@@H]5CC[C@H]4C5)cc3)nn2)cc1OC. The predicted molar refractivity (Wildman–Crippen MR) is 129 cm³/mol. The Morgan fingerprint density at radius 1 is 1.20 bits per heavy atom. The van der Waals surface area contributed by atoms with Gasteiger partial charge in [0.15, 0.2) is 11.5 Å². The molecular weight excluding hydrogens is 444 g/mol. The second-order valence-corrected chi connectivity index (χ2v) is 9.09. The van der Waals surface area contributed by atoms with Gasteiger partial charge in [0.2, 0.25) is 5.91 Å². The molecule has 1 saturated carbocycles. The van der Waals surface area contributed by atoms with Crippen LogP contribution >= 0.6 is 0 Å². The van der Waals surface area contributed by atoms with Gasteiger partial charge in [-0.05, 0) is 61.1 Å². The normalized spacial score (nSPS) is 21.3. The molecule has 1 aromatic heterocycles. The fraction of sp³-hybridized carbons (Fsp3) is 0.385. The molecule has 0 spiro atoms. The molecular formula is C26H28N6O3. The molecule has 5 rings (SSSR count). The number of nitriles is 1. The summed E-state index contributed by atoms with van der Waals surface area (Å²) >= 11 is 0. The number of carbonyl (C=O) groups excluding carboxylic acids is 1. The number of nitrogens with zero attached hydrogens (tertiary/aromatic N) is 4. The second-order valence-electron chi connectivity index (χ2n) is 9.09. The number of carbonyl (C=O) groups is 1. The van der Waals surface area contributed by atoms with Crippen LogP contribution in [0, 0.1) is 17.2 Å². The molecule has 2 heterocycles. The lowest BCUT2D eigenvalue weighted by Gasteiger charge is -2.23. The Bertz CT molecular complexity index is 1250. The van der Waals surface area contributed by atoms with E-state index in [1.807, 2.05) is 48.7 Å². The van der Waals surface area contributed by atoms with Gasteiger partial charge < -0.3 is 20.1 Å². The Morgan fingerprint density at radius 3 is 2.66 bits per heavy atom. The fourth-order valence-corrected chi connectivity index (χ4v) is 5.08. The summed E-state index contributed by atoms with van der Waals surface area (Å²) in [6.07, 6.45) is 5.58. The summed E-state index contributed by atoms with van der Waals surface area (Å²) in [6, 6.07) is 15.3. The molecule has 180 valence electrons. The predicted octanol–water partition coefficient (Wildman–Crippen LogP) is 2.64. The van der Waals surface area contributed by atoms with Crippen LogP contribution < -0.4 is 20.1 Å². The van der Waals surface area contributed by atoms with E-state index in [0.717, 1.165) is 36.1 Å². The third-order valence-electron chi connectivity index (χ3n) is 6.93. The van der Waals surface area contributed by atoms with Gasteiger partial charge in [-0.25, -0.2) is 4.68 Å². The molecule has 4 atom stereocenters. The van der Waals surface area contributed by atoms with Gasteiger partial charge in [0.05, 0.1) is 38.2 Å². The molecule has 1 aliphatic carbocycles. The monoisotopic (exact) mass is 472 g/mol. The number of rotatable bonds is 8. The van der Waals surface area contributed by atoms with Gasteiger partial charge in [-0.15, -0.1) is 5.10 Å². The molecule has 2 bridgehead atoms. The van der Waals surface area contributed by atoms with Crippen molar-refractivity contribution in [2.75, 3.05) is 14.2 Å². The molecule has 2 N–H and O–H groups in total. The van der Waals surface area contributed by atoms with E-state index in [9.17, 15) is 10.1 Å². The van der Waals surface area contributed by atoms with Gasteiger partial charge in [0, 0.05) is 18.0 Å². The minimum Gasteiger partial charge on any atom is -0.493 e. The lowest BCUT2D eigenvalue weighted by atomic mass is 9.98. The lowest BCUT2D eigenvalue weighted by Crippen LogP contribution is -2.50. The van der Waals surface area contributed by atoms with E-state index in [2.05, 4.69) is 27.0 Å². The van der Waals surface area contributed by atoms with Crippen LogP contribution in [0.25, 0.3) is 16.9 Å². The Labute approximate surface area is 204 Å². The summed E-state index contributed by atoms with van der Waals surface area (Å²) in [5.74, 6) is 1.60. The van der Waals surface area contributed by atoms with E-state index in [1.165, 1.54) is 0 Å². The molecule has 1 aliphatic heterocycles. The summed E-state index contributed by atoms with van der Waals surface area (Å²) in [5.41, 5.74) is 3.37. The Kier molecular flexibility index (Phi) is 6.38. The highest BCUT2D eigenvalue weighted by atomic mass is 16.5. The van der Waals surface area contributed by atoms with Crippen LogP contribution in [0.3, 0.4) is 0 Å². The molecule has 2 fully saturated rings. The topological polar surface area (TPSA) is 114 Å². The summed E-state index contributed by atoms with van der Waals surface area (Å²) in [4.78, 5) is 12.7. The molecule has 35 heavy (non-hydrogen) atoms. The maximum atomic E-state index is 12.7. The van der Waals surface area contributed by atoms with Crippen molar-refractivity contribution in [1.82, 2.24) is 25.6 Å². The fourth-order valence-electron chi connectivity index (χ4n) is 5.08. The van der Waals surface area contributed by atoms with Crippen LogP contribution in [-0.4, -0.2) is 53.2 Å². The molecule has 2 aromatic carbocycles. The lowest BCUT2D eigenvalue weighted by molar-refractivity contribution is -0.124. The average Bonchev–Trinajstić information content (AvgIpc) is 3.66. The Balaban J connectivity index is 1.23. The molecule has 0 radical (unpaired) electrons. The minimum atomic E-state index is -0.572. The Hall–Kier alpha value is -3.90. The van der Waals surface area contributed by atoms with Crippen molar-refractivity contribution in [2.24, 2.45) is 5.92 Å². The minimum absolute atomic E-state index is 0.0642. The van der Waals surface area contributed by atoms with E-state index in [1.54, 1.807) is 18.9 Å². The number of nitrogens with one attached hydrogen (secondary N) is 2. The number of aromatic nitrogens is 3. The highest BCUT2D eigenvalue weighted by Gasteiger charge is 2.43. The van der Waals surface area contributed by atoms with Gasteiger partial charge >= 0.3 is 0 Å². The third-order valence-corrected chi connectivity index (χ3v) is 6.93. The van der Waals surface area contributed by atoms with Crippen molar-refractivity contribution < 1.29 is 14.3 Å². The first kappa shape index (κ1) is 22.9. The molecule has 2 aliphatic rings. The number of methoxy groups -OCH3 is 2. The van der Waals surface area contributed by atoms with Crippen LogP contribution in [0.4, 0.5) is 0 Å². The van der Waals surface area contributed by atoms with E-state index in [0.29, 0.717) is 35.6 Å². The zero-order chi connectivity index (χ0) is 24.4. The number of piperidine rings is 1. The highest BCUT2D eigenvalue weighted by molar-refractivity contribution is 5.83. The number of amides is 1. The molecule has 0 unspecified atom stereocenters. The molecule has 3 aromatic rings. The summed E-state index contributed by atoms with van der Waals surface area (Å²) in [6.45, 7) is 0. The van der Waals surface area contributed by atoms with Crippen molar-refractivity contribution >= 4 is 5.91 Å². The van der Waals surface area contributed by atoms with Crippen molar-refractivity contribution in [1.29, 1.82) is 5.26 Å². The number of hydrogen-bond donors (Lipinski definition) is 2. The summed E-state index contributed by atoms with van der Waals surface area (Å²) in [7, 11) is 3.19. The van der Waals surface area contributed by atoms with Gasteiger partial charge in [-0.1, -0.05) is 17.3 Å². The maximum Gasteiger partial charge on any atom is 0.238 e. The van der Waals surface area contributed by atoms with E-state index < -0.39 is 6.04 Å². The van der Waals surface area contributed by atoms with Crippen molar-refractivity contribution in [3.8, 4) is 34.5 Å². The van der Waals surface area contributed by atoms with Crippen LogP contribution in [0.5, 0.6) is 11.5 Å². The summed E-state index contributed by atoms with van der Waals surface area (Å²) in [5, 5.41) is 24.4. The molecule has 1 saturated heterocycles. The third kappa shape index (κ3) is 4.70. The van der Waals surface area contributed by atoms with E-state index in [-0.39, 0.29) is 11.9 Å². The number of hydrogen-bond acceptors (Lipinski definition) is 7. The molecule has 9 heteroatoms. The second kappa shape index (κ2) is 9.76. The maximum absolute atomic E-state index is 12.7. The van der Waals surface area contributed by atoms with E-state index in [4.69, 9.17) is 9.47 Å². The zero-order valence-corrected chi connectivity index (χ0v) is 19.8. The number of fused-ring (bicyclic) bond motifs is 2. The molecule has 1 amide bonds. The quantitative estimate of drug-likeness (QED) is 0.518. The highest BCUT2D eigenvalue weighted by Crippen LogP contribution is 2.35. The molecule has 9 nitrogen and oxygen atoms in total. The number of benzene rings is 2.